The predicted octanol–water partition coefficient (Wildman–Crippen LogP) is 2.75. The Kier molecular flexibility index (Phi) is 4.88. The number of phenolic OH excluding ortho intramolecular Hbond substituents is 1. The summed E-state index contributed by atoms with van der Waals surface area (Å²) >= 11 is 0. The molecule has 108 valence electrons. The Morgan fingerprint density at radius 2 is 1.68 bits per heavy atom. The molecule has 1 aromatic rings. The molecule has 0 aromatic heterocycles. The van der Waals surface area contributed by atoms with Crippen LogP contribution >= 0.6 is 0 Å². The third-order valence-electron chi connectivity index (χ3n) is 2.64. The molecule has 0 bridgehead atoms. The molecule has 1 rings (SSSR count). The number of phenols is 1. The average molecular weight is 279 g/mol. The van der Waals surface area contributed by atoms with Gasteiger partial charge in [-0.25, -0.2) is 0 Å². The predicted molar refractivity (Wildman–Crippen MR) is 63.4 cm³/mol. The third kappa shape index (κ3) is 4.20. The second-order valence-corrected chi connectivity index (χ2v) is 4.02. The first kappa shape index (κ1) is 15.4. The minimum atomic E-state index is -4.27. The number of halogens is 3. The molecular formula is C12H16F3NO3. The molecule has 0 fully saturated rings. The van der Waals surface area contributed by atoms with E-state index in [-0.39, 0.29) is 23.7 Å². The van der Waals surface area contributed by atoms with Crippen molar-refractivity contribution in [1.82, 2.24) is 0 Å². The Balaban J connectivity index is 3.03. The molecule has 0 aliphatic rings. The summed E-state index contributed by atoms with van der Waals surface area (Å²) in [5.74, 6) is 0.290. The summed E-state index contributed by atoms with van der Waals surface area (Å²) in [5.41, 5.74) is 6.08. The normalized spacial score (nSPS) is 13.2. The molecule has 7 heteroatoms. The zero-order valence-electron chi connectivity index (χ0n) is 10.6. The number of hydrogen-bond acceptors (Lipinski definition) is 4. The average Bonchev–Trinajstić information content (AvgIpc) is 2.33. The molecule has 0 heterocycles. The van der Waals surface area contributed by atoms with Crippen molar-refractivity contribution in [3.63, 3.8) is 0 Å². The van der Waals surface area contributed by atoms with E-state index in [4.69, 9.17) is 15.2 Å². The van der Waals surface area contributed by atoms with Crippen LogP contribution < -0.4 is 15.2 Å². The van der Waals surface area contributed by atoms with Gasteiger partial charge in [-0.05, 0) is 6.42 Å². The standard InChI is InChI=1S/C12H16F3NO3/c1-18-9-5-7(17)6-10(19-2)11(9)8(16)3-4-12(13,14)15/h5-6,8,17H,3-4,16H2,1-2H3/t8-/m1/s1. The van der Waals surface area contributed by atoms with E-state index < -0.39 is 18.6 Å². The second kappa shape index (κ2) is 6.01. The molecule has 0 aliphatic heterocycles. The molecule has 0 spiro atoms. The molecular weight excluding hydrogens is 263 g/mol. The van der Waals surface area contributed by atoms with Gasteiger partial charge in [-0.3, -0.25) is 0 Å². The molecule has 0 saturated heterocycles. The lowest BCUT2D eigenvalue weighted by Crippen LogP contribution is -2.17. The number of alkyl halides is 3. The lowest BCUT2D eigenvalue weighted by Gasteiger charge is -2.19. The van der Waals surface area contributed by atoms with Crippen molar-refractivity contribution in [2.24, 2.45) is 5.73 Å². The number of rotatable bonds is 5. The van der Waals surface area contributed by atoms with Gasteiger partial charge < -0.3 is 20.3 Å². The van der Waals surface area contributed by atoms with Crippen LogP contribution in [0, 0.1) is 0 Å². The van der Waals surface area contributed by atoms with Crippen LogP contribution in [0.3, 0.4) is 0 Å². The van der Waals surface area contributed by atoms with E-state index in [2.05, 4.69) is 0 Å². The summed E-state index contributed by atoms with van der Waals surface area (Å²) in [5, 5.41) is 9.44. The van der Waals surface area contributed by atoms with E-state index in [9.17, 15) is 18.3 Å². The first-order valence-corrected chi connectivity index (χ1v) is 5.55. The summed E-state index contributed by atoms with van der Waals surface area (Å²) < 4.78 is 46.6. The molecule has 4 nitrogen and oxygen atoms in total. The van der Waals surface area contributed by atoms with Gasteiger partial charge in [0, 0.05) is 24.6 Å². The van der Waals surface area contributed by atoms with Crippen LogP contribution in [0.1, 0.15) is 24.4 Å². The van der Waals surface area contributed by atoms with Crippen molar-refractivity contribution in [1.29, 1.82) is 0 Å². The Morgan fingerprint density at radius 1 is 1.21 bits per heavy atom. The monoisotopic (exact) mass is 279 g/mol. The summed E-state index contributed by atoms with van der Waals surface area (Å²) in [6.07, 6.45) is -5.56. The van der Waals surface area contributed by atoms with Gasteiger partial charge in [-0.2, -0.15) is 13.2 Å². The number of nitrogens with two attached hydrogens (primary N) is 1. The van der Waals surface area contributed by atoms with Crippen LogP contribution in [0.4, 0.5) is 13.2 Å². The number of aromatic hydroxyl groups is 1. The van der Waals surface area contributed by atoms with Crippen molar-refractivity contribution in [2.75, 3.05) is 14.2 Å². The number of hydrogen-bond donors (Lipinski definition) is 2. The minimum Gasteiger partial charge on any atom is -0.508 e. The Labute approximate surface area is 108 Å². The molecule has 0 amide bonds. The van der Waals surface area contributed by atoms with Crippen LogP contribution in [0.5, 0.6) is 17.2 Å². The van der Waals surface area contributed by atoms with E-state index in [0.717, 1.165) is 0 Å². The fourth-order valence-electron chi connectivity index (χ4n) is 1.75. The minimum absolute atomic E-state index is 0.111. The number of ether oxygens (including phenoxy) is 2. The van der Waals surface area contributed by atoms with Crippen molar-refractivity contribution < 1.29 is 27.8 Å². The Bertz CT molecular complexity index is 410. The van der Waals surface area contributed by atoms with Crippen molar-refractivity contribution >= 4 is 0 Å². The molecule has 0 aliphatic carbocycles. The molecule has 0 saturated carbocycles. The summed E-state index contributed by atoms with van der Waals surface area (Å²) in [7, 11) is 2.68. The molecule has 3 N–H and O–H groups in total. The van der Waals surface area contributed by atoms with Crippen molar-refractivity contribution in [3.8, 4) is 17.2 Å². The number of benzene rings is 1. The van der Waals surface area contributed by atoms with Gasteiger partial charge in [-0.15, -0.1) is 0 Å². The smallest absolute Gasteiger partial charge is 0.389 e. The highest BCUT2D eigenvalue weighted by molar-refractivity contribution is 5.51. The van der Waals surface area contributed by atoms with Crippen LogP contribution in [-0.2, 0) is 0 Å². The highest BCUT2D eigenvalue weighted by atomic mass is 19.4. The fourth-order valence-corrected chi connectivity index (χ4v) is 1.75. The van der Waals surface area contributed by atoms with Crippen LogP contribution in [0.15, 0.2) is 12.1 Å². The van der Waals surface area contributed by atoms with Crippen molar-refractivity contribution in [2.45, 2.75) is 25.1 Å². The quantitative estimate of drug-likeness (QED) is 0.869. The van der Waals surface area contributed by atoms with Gasteiger partial charge in [0.25, 0.3) is 0 Å². The SMILES string of the molecule is COc1cc(O)cc(OC)c1[C@H](N)CCC(F)(F)F. The Morgan fingerprint density at radius 3 is 2.05 bits per heavy atom. The summed E-state index contributed by atoms with van der Waals surface area (Å²) in [6.45, 7) is 0. The maximum atomic E-state index is 12.2. The van der Waals surface area contributed by atoms with Gasteiger partial charge >= 0.3 is 6.18 Å². The lowest BCUT2D eigenvalue weighted by molar-refractivity contribution is -0.136. The van der Waals surface area contributed by atoms with Gasteiger partial charge in [0.1, 0.15) is 17.2 Å². The molecule has 0 unspecified atom stereocenters. The van der Waals surface area contributed by atoms with Crippen LogP contribution in [0.2, 0.25) is 0 Å². The van der Waals surface area contributed by atoms with Gasteiger partial charge in [0.2, 0.25) is 0 Å². The maximum Gasteiger partial charge on any atom is 0.389 e. The number of methoxy groups -OCH3 is 2. The van der Waals surface area contributed by atoms with Crippen LogP contribution in [-0.4, -0.2) is 25.5 Å². The summed E-state index contributed by atoms with van der Waals surface area (Å²) in [6, 6.07) is 1.67. The van der Waals surface area contributed by atoms with E-state index in [1.807, 2.05) is 0 Å². The van der Waals surface area contributed by atoms with Gasteiger partial charge in [0.15, 0.2) is 0 Å². The highest BCUT2D eigenvalue weighted by Crippen LogP contribution is 2.39. The van der Waals surface area contributed by atoms with Crippen molar-refractivity contribution in [3.05, 3.63) is 17.7 Å². The zero-order valence-corrected chi connectivity index (χ0v) is 10.6. The topological polar surface area (TPSA) is 64.7 Å². The maximum absolute atomic E-state index is 12.2. The largest absolute Gasteiger partial charge is 0.508 e. The van der Waals surface area contributed by atoms with E-state index >= 15 is 0 Å². The first-order valence-electron chi connectivity index (χ1n) is 5.55. The molecule has 1 atom stereocenters. The third-order valence-corrected chi connectivity index (χ3v) is 2.64. The molecule has 0 radical (unpaired) electrons. The van der Waals surface area contributed by atoms with E-state index in [0.29, 0.717) is 5.56 Å². The fraction of sp³-hybridized carbons (Fsp3) is 0.500. The van der Waals surface area contributed by atoms with Gasteiger partial charge in [-0.1, -0.05) is 0 Å². The summed E-state index contributed by atoms with van der Waals surface area (Å²) in [4.78, 5) is 0. The van der Waals surface area contributed by atoms with E-state index in [1.54, 1.807) is 0 Å². The molecule has 1 aromatic carbocycles. The zero-order chi connectivity index (χ0) is 14.6. The van der Waals surface area contributed by atoms with E-state index in [1.165, 1.54) is 26.4 Å². The second-order valence-electron chi connectivity index (χ2n) is 4.02. The first-order chi connectivity index (χ1) is 8.78. The lowest BCUT2D eigenvalue weighted by atomic mass is 10.00. The molecule has 19 heavy (non-hydrogen) atoms. The van der Waals surface area contributed by atoms with Gasteiger partial charge in [0.05, 0.1) is 19.8 Å². The van der Waals surface area contributed by atoms with Crippen LogP contribution in [0.25, 0.3) is 0 Å². The Hall–Kier alpha value is -1.63. The highest BCUT2D eigenvalue weighted by Gasteiger charge is 2.29.